The van der Waals surface area contributed by atoms with Gasteiger partial charge in [-0.2, -0.15) is 5.10 Å². The average molecular weight is 350 g/mol. The second kappa shape index (κ2) is 7.11. The molecular weight excluding hydrogens is 328 g/mol. The van der Waals surface area contributed by atoms with Crippen LogP contribution in [0.5, 0.6) is 0 Å². The number of hydrogen-bond acceptors (Lipinski definition) is 5. The first-order valence-electron chi connectivity index (χ1n) is 8.95. The number of aryl methyl sites for hydroxylation is 1. The minimum absolute atomic E-state index is 0.0640. The maximum absolute atomic E-state index is 12.5. The zero-order valence-corrected chi connectivity index (χ0v) is 14.8. The van der Waals surface area contributed by atoms with E-state index < -0.39 is 0 Å². The summed E-state index contributed by atoms with van der Waals surface area (Å²) in [6.45, 7) is 1.28. The maximum Gasteiger partial charge on any atom is 0.228 e. The quantitative estimate of drug-likeness (QED) is 0.710. The van der Waals surface area contributed by atoms with E-state index in [-0.39, 0.29) is 5.91 Å². The van der Waals surface area contributed by atoms with E-state index >= 15 is 0 Å². The van der Waals surface area contributed by atoms with Crippen molar-refractivity contribution in [2.45, 2.75) is 25.7 Å². The molecule has 2 aromatic heterocycles. The number of carbonyl (C=O) groups excluding carboxylic acids is 1. The van der Waals surface area contributed by atoms with Gasteiger partial charge in [0.15, 0.2) is 0 Å². The lowest BCUT2D eigenvalue weighted by Crippen LogP contribution is -2.32. The molecule has 2 N–H and O–H groups in total. The summed E-state index contributed by atoms with van der Waals surface area (Å²) in [6, 6.07) is 7.82. The summed E-state index contributed by atoms with van der Waals surface area (Å²) in [5, 5.41) is 11.6. The number of amides is 1. The van der Waals surface area contributed by atoms with Gasteiger partial charge in [-0.05, 0) is 25.3 Å². The Hall–Kier alpha value is -2.96. The molecule has 3 aromatic rings. The van der Waals surface area contributed by atoms with Gasteiger partial charge in [0.25, 0.3) is 0 Å². The van der Waals surface area contributed by atoms with Gasteiger partial charge in [0, 0.05) is 36.8 Å². The largest absolute Gasteiger partial charge is 0.368 e. The van der Waals surface area contributed by atoms with E-state index in [1.165, 1.54) is 5.56 Å². The highest BCUT2D eigenvalue weighted by Gasteiger charge is 2.17. The Morgan fingerprint density at radius 1 is 1.27 bits per heavy atom. The Balaban J connectivity index is 1.33. The molecule has 0 aliphatic heterocycles. The number of likely N-dealkylation sites (N-methyl/N-ethyl adjacent to an activating group) is 1. The lowest BCUT2D eigenvalue weighted by atomic mass is 10.1. The predicted molar refractivity (Wildman–Crippen MR) is 100.0 cm³/mol. The SMILES string of the molecule is CN(CCNc1ncnc2c1CCC2)C(=O)Cc1[nH]nc2ccccc12. The molecule has 1 aliphatic carbocycles. The van der Waals surface area contributed by atoms with Crippen molar-refractivity contribution in [3.05, 3.63) is 47.5 Å². The van der Waals surface area contributed by atoms with Crippen molar-refractivity contribution >= 4 is 22.6 Å². The number of fused-ring (bicyclic) bond motifs is 2. The Morgan fingerprint density at radius 3 is 3.08 bits per heavy atom. The van der Waals surface area contributed by atoms with Crippen molar-refractivity contribution in [3.63, 3.8) is 0 Å². The van der Waals surface area contributed by atoms with Gasteiger partial charge in [0.1, 0.15) is 12.1 Å². The molecule has 2 heterocycles. The fourth-order valence-corrected chi connectivity index (χ4v) is 3.41. The lowest BCUT2D eigenvalue weighted by molar-refractivity contribution is -0.129. The molecule has 1 aliphatic rings. The number of aromatic nitrogens is 4. The number of rotatable bonds is 6. The van der Waals surface area contributed by atoms with Gasteiger partial charge < -0.3 is 10.2 Å². The molecule has 7 nitrogen and oxygen atoms in total. The fraction of sp³-hybridized carbons (Fsp3) is 0.368. The highest BCUT2D eigenvalue weighted by atomic mass is 16.2. The van der Waals surface area contributed by atoms with E-state index in [1.54, 1.807) is 11.2 Å². The third kappa shape index (κ3) is 3.24. The van der Waals surface area contributed by atoms with Crippen molar-refractivity contribution in [2.75, 3.05) is 25.5 Å². The van der Waals surface area contributed by atoms with Crippen LogP contribution in [0.1, 0.15) is 23.4 Å². The Kier molecular flexibility index (Phi) is 4.51. The topological polar surface area (TPSA) is 86.8 Å². The molecule has 0 atom stereocenters. The van der Waals surface area contributed by atoms with Crippen LogP contribution < -0.4 is 5.32 Å². The van der Waals surface area contributed by atoms with Crippen LogP contribution in [0.2, 0.25) is 0 Å². The third-order valence-electron chi connectivity index (χ3n) is 4.91. The van der Waals surface area contributed by atoms with E-state index in [4.69, 9.17) is 0 Å². The number of aromatic amines is 1. The predicted octanol–water partition coefficient (Wildman–Crippen LogP) is 1.95. The van der Waals surface area contributed by atoms with Crippen LogP contribution in [0.4, 0.5) is 5.82 Å². The monoisotopic (exact) mass is 350 g/mol. The summed E-state index contributed by atoms with van der Waals surface area (Å²) in [6.07, 6.45) is 5.13. The summed E-state index contributed by atoms with van der Waals surface area (Å²) in [5.74, 6) is 0.974. The van der Waals surface area contributed by atoms with Crippen LogP contribution in [0.15, 0.2) is 30.6 Å². The van der Waals surface area contributed by atoms with Crippen molar-refractivity contribution in [1.82, 2.24) is 25.1 Å². The first-order valence-corrected chi connectivity index (χ1v) is 8.95. The molecule has 0 saturated carbocycles. The molecule has 0 saturated heterocycles. The van der Waals surface area contributed by atoms with Crippen LogP contribution in [-0.4, -0.2) is 51.1 Å². The number of benzene rings is 1. The summed E-state index contributed by atoms with van der Waals surface area (Å²) in [4.78, 5) is 22.9. The number of carbonyl (C=O) groups is 1. The molecule has 0 fully saturated rings. The fourth-order valence-electron chi connectivity index (χ4n) is 3.41. The van der Waals surface area contributed by atoms with E-state index in [9.17, 15) is 4.79 Å². The van der Waals surface area contributed by atoms with Crippen LogP contribution in [0.3, 0.4) is 0 Å². The molecule has 26 heavy (non-hydrogen) atoms. The molecule has 134 valence electrons. The summed E-state index contributed by atoms with van der Waals surface area (Å²) < 4.78 is 0. The van der Waals surface area contributed by atoms with E-state index in [0.29, 0.717) is 19.5 Å². The normalized spacial score (nSPS) is 13.0. The summed E-state index contributed by atoms with van der Waals surface area (Å²) in [5.41, 5.74) is 4.12. The zero-order valence-electron chi connectivity index (χ0n) is 14.8. The van der Waals surface area contributed by atoms with Crippen LogP contribution in [0.25, 0.3) is 10.9 Å². The molecule has 0 radical (unpaired) electrons. The number of nitrogens with one attached hydrogen (secondary N) is 2. The average Bonchev–Trinajstić information content (AvgIpc) is 3.29. The molecule has 0 bridgehead atoms. The third-order valence-corrected chi connectivity index (χ3v) is 4.91. The van der Waals surface area contributed by atoms with Gasteiger partial charge in [0.05, 0.1) is 17.6 Å². The van der Waals surface area contributed by atoms with Crippen LogP contribution in [-0.2, 0) is 24.1 Å². The second-order valence-corrected chi connectivity index (χ2v) is 6.64. The van der Waals surface area contributed by atoms with Gasteiger partial charge in [-0.25, -0.2) is 9.97 Å². The Bertz CT molecular complexity index is 935. The molecule has 4 rings (SSSR count). The van der Waals surface area contributed by atoms with Gasteiger partial charge in [-0.15, -0.1) is 0 Å². The maximum atomic E-state index is 12.5. The minimum atomic E-state index is 0.0640. The van der Waals surface area contributed by atoms with E-state index in [1.807, 2.05) is 31.3 Å². The van der Waals surface area contributed by atoms with Gasteiger partial charge >= 0.3 is 0 Å². The second-order valence-electron chi connectivity index (χ2n) is 6.64. The van der Waals surface area contributed by atoms with E-state index in [0.717, 1.165) is 47.4 Å². The zero-order chi connectivity index (χ0) is 17.9. The summed E-state index contributed by atoms with van der Waals surface area (Å²) >= 11 is 0. The Morgan fingerprint density at radius 2 is 2.15 bits per heavy atom. The van der Waals surface area contributed by atoms with Crippen LogP contribution in [0, 0.1) is 0 Å². The van der Waals surface area contributed by atoms with Gasteiger partial charge in [-0.3, -0.25) is 9.89 Å². The number of nitrogens with zero attached hydrogens (tertiary/aromatic N) is 4. The van der Waals surface area contributed by atoms with Crippen molar-refractivity contribution < 1.29 is 4.79 Å². The van der Waals surface area contributed by atoms with Crippen molar-refractivity contribution in [2.24, 2.45) is 0 Å². The van der Waals surface area contributed by atoms with Crippen molar-refractivity contribution in [3.8, 4) is 0 Å². The standard InChI is InChI=1S/C19H22N6O/c1-25(10-9-20-19-14-6-4-8-15(14)21-12-22-19)18(26)11-17-13-5-2-3-7-16(13)23-24-17/h2-3,5,7,12H,4,6,8-11H2,1H3,(H,23,24)(H,20,21,22). The smallest absolute Gasteiger partial charge is 0.228 e. The molecule has 1 amide bonds. The van der Waals surface area contributed by atoms with E-state index in [2.05, 4.69) is 25.5 Å². The molecular formula is C19H22N6O. The number of H-pyrrole nitrogens is 1. The highest BCUT2D eigenvalue weighted by Crippen LogP contribution is 2.24. The summed E-state index contributed by atoms with van der Waals surface area (Å²) in [7, 11) is 1.83. The first-order chi connectivity index (χ1) is 12.7. The molecule has 7 heteroatoms. The van der Waals surface area contributed by atoms with Crippen molar-refractivity contribution in [1.29, 1.82) is 0 Å². The number of para-hydroxylation sites is 1. The number of anilines is 1. The lowest BCUT2D eigenvalue weighted by Gasteiger charge is -2.18. The minimum Gasteiger partial charge on any atom is -0.368 e. The highest BCUT2D eigenvalue weighted by molar-refractivity contribution is 5.87. The van der Waals surface area contributed by atoms with Gasteiger partial charge in [-0.1, -0.05) is 18.2 Å². The number of hydrogen-bond donors (Lipinski definition) is 2. The molecule has 0 spiro atoms. The Labute approximate surface area is 151 Å². The van der Waals surface area contributed by atoms with Gasteiger partial charge in [0.2, 0.25) is 5.91 Å². The van der Waals surface area contributed by atoms with Crippen LogP contribution >= 0.6 is 0 Å². The molecule has 0 unspecified atom stereocenters. The first kappa shape index (κ1) is 16.5. The molecule has 1 aromatic carbocycles.